The van der Waals surface area contributed by atoms with Gasteiger partial charge in [-0.2, -0.15) is 0 Å². The molecule has 4 aliphatic rings. The van der Waals surface area contributed by atoms with Gasteiger partial charge in [-0.3, -0.25) is 19.4 Å². The van der Waals surface area contributed by atoms with Gasteiger partial charge in [-0.15, -0.1) is 0 Å². The summed E-state index contributed by atoms with van der Waals surface area (Å²) in [5, 5.41) is 9.28. The van der Waals surface area contributed by atoms with Crippen LogP contribution < -0.4 is 0 Å². The number of aliphatic carboxylic acids is 1. The Morgan fingerprint density at radius 2 is 1.71 bits per heavy atom. The minimum atomic E-state index is -1.01. The van der Waals surface area contributed by atoms with E-state index in [0.717, 1.165) is 37.7 Å². The van der Waals surface area contributed by atoms with E-state index in [4.69, 9.17) is 4.74 Å². The number of carboxylic acid groups (broad SMARTS) is 1. The first-order valence-corrected chi connectivity index (χ1v) is 20.4. The monoisotopic (exact) mass is 702 g/mol. The molecule has 6 atom stereocenters. The molecule has 6 rings (SSSR count). The van der Waals surface area contributed by atoms with E-state index in [2.05, 4.69) is 43.1 Å². The van der Waals surface area contributed by atoms with Crippen LogP contribution in [0.4, 0.5) is 0 Å². The fraction of sp³-hybridized carbons (Fsp3) is 0.550. The lowest BCUT2D eigenvalue weighted by Crippen LogP contribution is -2.50. The average Bonchev–Trinajstić information content (AvgIpc) is 3.46. The Morgan fingerprint density at radius 3 is 2.47 bits per heavy atom. The molecule has 0 bridgehead atoms. The van der Waals surface area contributed by atoms with Crippen LogP contribution in [0, 0.1) is 28.6 Å². The summed E-state index contributed by atoms with van der Waals surface area (Å²) in [6.45, 7) is 5.07. The van der Waals surface area contributed by atoms with Crippen LogP contribution >= 0.6 is 21.6 Å². The van der Waals surface area contributed by atoms with Crippen molar-refractivity contribution >= 4 is 45.0 Å². The molecule has 1 N–H and O–H groups in total. The molecule has 0 radical (unpaired) electrons. The highest BCUT2D eigenvalue weighted by atomic mass is 33.1. The summed E-state index contributed by atoms with van der Waals surface area (Å²) in [4.78, 5) is 42.7. The van der Waals surface area contributed by atoms with Gasteiger partial charge in [-0.25, -0.2) is 0 Å². The molecule has 1 heterocycles. The van der Waals surface area contributed by atoms with Gasteiger partial charge in [0.2, 0.25) is 5.91 Å². The van der Waals surface area contributed by atoms with Crippen LogP contribution in [-0.4, -0.2) is 63.5 Å². The number of benzene rings is 1. The summed E-state index contributed by atoms with van der Waals surface area (Å²) < 4.78 is 6.01. The van der Waals surface area contributed by atoms with Crippen LogP contribution in [0.1, 0.15) is 82.8 Å². The van der Waals surface area contributed by atoms with Crippen molar-refractivity contribution in [3.05, 3.63) is 83.7 Å². The second-order valence-corrected chi connectivity index (χ2v) is 17.5. The summed E-state index contributed by atoms with van der Waals surface area (Å²) in [7, 11) is 3.12. The Balaban J connectivity index is 0.917. The predicted octanol–water partition coefficient (Wildman–Crippen LogP) is 8.27. The van der Waals surface area contributed by atoms with Gasteiger partial charge in [0, 0.05) is 43.3 Å². The number of nitrogens with zero attached hydrogens (tertiary/aromatic N) is 2. The Morgan fingerprint density at radius 1 is 0.939 bits per heavy atom. The molecule has 0 spiro atoms. The number of allylic oxidation sites excluding steroid dienone is 3. The summed E-state index contributed by atoms with van der Waals surface area (Å²) in [5.74, 6) is 1.93. The van der Waals surface area contributed by atoms with E-state index < -0.39 is 5.97 Å². The summed E-state index contributed by atoms with van der Waals surface area (Å²) in [5.41, 5.74) is 5.77. The van der Waals surface area contributed by atoms with E-state index in [1.165, 1.54) is 34.5 Å². The van der Waals surface area contributed by atoms with Gasteiger partial charge < -0.3 is 14.7 Å². The van der Waals surface area contributed by atoms with Gasteiger partial charge >= 0.3 is 11.9 Å². The first-order valence-electron chi connectivity index (χ1n) is 18.0. The average molecular weight is 703 g/mol. The number of esters is 1. The Kier molecular flexibility index (Phi) is 11.6. The highest BCUT2D eigenvalue weighted by Crippen LogP contribution is 2.66. The molecule has 9 heteroatoms. The topological polar surface area (TPSA) is 96.8 Å². The molecule has 4 aliphatic carbocycles. The highest BCUT2D eigenvalue weighted by Gasteiger charge is 2.57. The summed E-state index contributed by atoms with van der Waals surface area (Å²) in [6.07, 6.45) is 17.7. The maximum atomic E-state index is 12.8. The van der Waals surface area contributed by atoms with Gasteiger partial charge in [0.05, 0.1) is 6.42 Å². The fourth-order valence-corrected chi connectivity index (χ4v) is 11.4. The minimum Gasteiger partial charge on any atom is -0.480 e. The SMILES string of the molecule is C[C@]12CC[C@H](OC(=O)CCSSCCC(=O)N(CCc3ccccc3)CC(=O)O)CC1=CC[C@H]1C3CC=C(c4cccnc4)[C@@]3(C)CC[C@@H]12. The van der Waals surface area contributed by atoms with Crippen LogP contribution in [0.5, 0.6) is 0 Å². The second kappa shape index (κ2) is 15.9. The molecule has 262 valence electrons. The van der Waals surface area contributed by atoms with Gasteiger partial charge in [0.1, 0.15) is 12.6 Å². The van der Waals surface area contributed by atoms with Gasteiger partial charge in [0.25, 0.3) is 0 Å². The van der Waals surface area contributed by atoms with Crippen LogP contribution in [0.2, 0.25) is 0 Å². The standard InChI is InChI=1S/C40H50N2O5S2/c1-39-19-14-31(25-30(39)10-11-32-34-13-12-33(29-9-6-21-41-26-29)40(34,2)20-15-35(32)39)47-38(46)18-24-49-48-23-17-36(43)42(27-37(44)45)22-16-28-7-4-3-5-8-28/h3-10,12,21,26,31-32,34-35H,11,13-20,22-25,27H2,1-2H3,(H,44,45)/t31-,32-,34?,35-,39-,40+/m0/s1. The molecular formula is C40H50N2O5S2. The predicted molar refractivity (Wildman–Crippen MR) is 198 cm³/mol. The van der Waals surface area contributed by atoms with Crippen molar-refractivity contribution in [3.63, 3.8) is 0 Å². The molecular weight excluding hydrogens is 653 g/mol. The number of carboxylic acids is 1. The molecule has 1 unspecified atom stereocenters. The second-order valence-electron chi connectivity index (χ2n) is 14.8. The van der Waals surface area contributed by atoms with Crippen LogP contribution in [0.15, 0.2) is 72.6 Å². The third-order valence-electron chi connectivity index (χ3n) is 12.0. The van der Waals surface area contributed by atoms with Crippen molar-refractivity contribution in [2.24, 2.45) is 28.6 Å². The van der Waals surface area contributed by atoms with Crippen molar-refractivity contribution in [1.29, 1.82) is 0 Å². The number of carbonyl (C=O) groups is 3. The third kappa shape index (κ3) is 8.14. The van der Waals surface area contributed by atoms with Gasteiger partial charge in [0.15, 0.2) is 0 Å². The Hall–Kier alpha value is -3.04. The van der Waals surface area contributed by atoms with Crippen LogP contribution in [-0.2, 0) is 25.5 Å². The van der Waals surface area contributed by atoms with E-state index in [-0.39, 0.29) is 41.8 Å². The fourth-order valence-electron chi connectivity index (χ4n) is 9.40. The maximum Gasteiger partial charge on any atom is 0.323 e. The molecule has 2 fully saturated rings. The summed E-state index contributed by atoms with van der Waals surface area (Å²) >= 11 is 0. The number of ether oxygens (including phenoxy) is 1. The third-order valence-corrected chi connectivity index (χ3v) is 14.4. The van der Waals surface area contributed by atoms with Gasteiger partial charge in [-0.1, -0.05) is 89.6 Å². The van der Waals surface area contributed by atoms with Gasteiger partial charge in [-0.05, 0) is 96.3 Å². The zero-order chi connectivity index (χ0) is 34.4. The normalized spacial score (nSPS) is 28.7. The van der Waals surface area contributed by atoms with E-state index in [1.807, 2.05) is 42.7 Å². The van der Waals surface area contributed by atoms with E-state index in [9.17, 15) is 19.5 Å². The lowest BCUT2D eigenvalue weighted by Gasteiger charge is -2.57. The maximum absolute atomic E-state index is 12.8. The van der Waals surface area contributed by atoms with E-state index >= 15 is 0 Å². The molecule has 49 heavy (non-hydrogen) atoms. The molecule has 2 saturated carbocycles. The molecule has 2 aromatic rings. The minimum absolute atomic E-state index is 0.0473. The lowest BCUT2D eigenvalue weighted by atomic mass is 9.47. The molecule has 1 amide bonds. The van der Waals surface area contributed by atoms with Crippen molar-refractivity contribution in [3.8, 4) is 0 Å². The van der Waals surface area contributed by atoms with Crippen molar-refractivity contribution < 1.29 is 24.2 Å². The molecule has 7 nitrogen and oxygen atoms in total. The number of fused-ring (bicyclic) bond motifs is 5. The first kappa shape index (κ1) is 35.8. The van der Waals surface area contributed by atoms with Crippen molar-refractivity contribution in [1.82, 2.24) is 9.88 Å². The van der Waals surface area contributed by atoms with Crippen LogP contribution in [0.3, 0.4) is 0 Å². The van der Waals surface area contributed by atoms with E-state index in [0.29, 0.717) is 48.6 Å². The number of carbonyl (C=O) groups excluding carboxylic acids is 2. The van der Waals surface area contributed by atoms with Crippen molar-refractivity contribution in [2.45, 2.75) is 84.2 Å². The van der Waals surface area contributed by atoms with E-state index in [1.54, 1.807) is 21.6 Å². The lowest BCUT2D eigenvalue weighted by molar-refractivity contribution is -0.150. The first-order chi connectivity index (χ1) is 23.7. The largest absolute Gasteiger partial charge is 0.480 e. The zero-order valence-electron chi connectivity index (χ0n) is 28.9. The number of hydrogen-bond donors (Lipinski definition) is 1. The number of pyridine rings is 1. The van der Waals surface area contributed by atoms with Crippen LogP contribution in [0.25, 0.3) is 5.57 Å². The molecule has 1 aromatic heterocycles. The zero-order valence-corrected chi connectivity index (χ0v) is 30.5. The molecule has 0 saturated heterocycles. The quantitative estimate of drug-likeness (QED) is 0.0910. The Labute approximate surface area is 299 Å². The molecule has 1 aromatic carbocycles. The highest BCUT2D eigenvalue weighted by molar-refractivity contribution is 8.76. The van der Waals surface area contributed by atoms with Crippen molar-refractivity contribution in [2.75, 3.05) is 24.6 Å². The summed E-state index contributed by atoms with van der Waals surface area (Å²) in [6, 6.07) is 14.0. The smallest absolute Gasteiger partial charge is 0.323 e. The number of amides is 1. The number of rotatable bonds is 14. The number of aromatic nitrogens is 1. The Bertz CT molecular complexity index is 1550. The number of hydrogen-bond acceptors (Lipinski definition) is 7. The molecule has 0 aliphatic heterocycles.